The van der Waals surface area contributed by atoms with E-state index in [1.54, 1.807) is 12.1 Å². The third kappa shape index (κ3) is 3.98. The topological polar surface area (TPSA) is 69.7 Å². The minimum absolute atomic E-state index is 0.0556. The Morgan fingerprint density at radius 3 is 2.80 bits per heavy atom. The van der Waals surface area contributed by atoms with E-state index in [2.05, 4.69) is 5.32 Å². The van der Waals surface area contributed by atoms with Crippen LogP contribution in [-0.4, -0.2) is 58.7 Å². The van der Waals surface area contributed by atoms with Crippen molar-refractivity contribution in [3.05, 3.63) is 29.3 Å². The Hall–Kier alpha value is -1.60. The summed E-state index contributed by atoms with van der Waals surface area (Å²) < 4.78 is 25.4. The Morgan fingerprint density at radius 1 is 1.28 bits per heavy atom. The lowest BCUT2D eigenvalue weighted by Crippen LogP contribution is -2.42. The number of aryl methyl sites for hydroxylation is 1. The maximum atomic E-state index is 12.9. The van der Waals surface area contributed by atoms with Gasteiger partial charge in [0.15, 0.2) is 0 Å². The zero-order valence-electron chi connectivity index (χ0n) is 15.0. The number of nitrogens with one attached hydrogen (secondary N) is 1. The molecule has 138 valence electrons. The minimum Gasteiger partial charge on any atom is -0.338 e. The third-order valence-electron chi connectivity index (χ3n) is 5.10. The molecule has 2 aliphatic rings. The molecule has 1 fully saturated rings. The highest BCUT2D eigenvalue weighted by atomic mass is 32.2. The van der Waals surface area contributed by atoms with Gasteiger partial charge in [0.1, 0.15) is 0 Å². The van der Waals surface area contributed by atoms with Crippen LogP contribution in [0.4, 0.5) is 5.69 Å². The number of hydrogen-bond acceptors (Lipinski definition) is 4. The first-order valence-corrected chi connectivity index (χ1v) is 10.8. The number of hydrogen-bond donors (Lipinski definition) is 1. The smallest absolute Gasteiger partial charge is 0.253 e. The molecule has 0 unspecified atom stereocenters. The van der Waals surface area contributed by atoms with Gasteiger partial charge in [0, 0.05) is 25.2 Å². The van der Waals surface area contributed by atoms with Crippen molar-refractivity contribution in [1.82, 2.24) is 10.2 Å². The lowest BCUT2D eigenvalue weighted by atomic mass is 9.96. The Morgan fingerprint density at radius 2 is 2.08 bits per heavy atom. The number of carbonyl (C=O) groups excluding carboxylic acids is 1. The van der Waals surface area contributed by atoms with Gasteiger partial charge in [-0.25, -0.2) is 8.42 Å². The van der Waals surface area contributed by atoms with E-state index in [-0.39, 0.29) is 5.91 Å². The minimum atomic E-state index is -3.28. The molecule has 1 aromatic carbocycles. The Labute approximate surface area is 150 Å². The van der Waals surface area contributed by atoms with Gasteiger partial charge in [0.25, 0.3) is 5.91 Å². The van der Waals surface area contributed by atoms with E-state index in [1.807, 2.05) is 18.0 Å². The number of amides is 1. The second-order valence-electron chi connectivity index (χ2n) is 7.10. The molecule has 1 aromatic rings. The zero-order valence-corrected chi connectivity index (χ0v) is 15.8. The molecule has 0 aromatic heterocycles. The van der Waals surface area contributed by atoms with Crippen molar-refractivity contribution >= 4 is 21.6 Å². The number of carbonyl (C=O) groups is 1. The molecule has 25 heavy (non-hydrogen) atoms. The molecule has 6 nitrogen and oxygen atoms in total. The van der Waals surface area contributed by atoms with Crippen molar-refractivity contribution in [2.45, 2.75) is 25.7 Å². The fourth-order valence-corrected chi connectivity index (χ4v) is 4.92. The van der Waals surface area contributed by atoms with Crippen LogP contribution in [0.25, 0.3) is 0 Å². The summed E-state index contributed by atoms with van der Waals surface area (Å²) in [4.78, 5) is 14.8. The predicted molar refractivity (Wildman–Crippen MR) is 99.5 cm³/mol. The van der Waals surface area contributed by atoms with Gasteiger partial charge in [-0.3, -0.25) is 9.10 Å². The first-order valence-electron chi connectivity index (χ1n) is 8.94. The molecular weight excluding hydrogens is 338 g/mol. The second-order valence-corrected chi connectivity index (χ2v) is 9.01. The van der Waals surface area contributed by atoms with E-state index in [1.165, 1.54) is 10.6 Å². The number of nitrogens with zero attached hydrogens (tertiary/aromatic N) is 2. The molecule has 1 atom stereocenters. The highest BCUT2D eigenvalue weighted by Gasteiger charge is 2.27. The summed E-state index contributed by atoms with van der Waals surface area (Å²) in [7, 11) is -1.33. The monoisotopic (exact) mass is 365 g/mol. The first-order chi connectivity index (χ1) is 11.9. The Bertz CT molecular complexity index is 746. The van der Waals surface area contributed by atoms with E-state index >= 15 is 0 Å². The van der Waals surface area contributed by atoms with Crippen LogP contribution in [0.5, 0.6) is 0 Å². The molecule has 0 bridgehead atoms. The van der Waals surface area contributed by atoms with E-state index in [0.717, 1.165) is 56.6 Å². The van der Waals surface area contributed by atoms with Gasteiger partial charge < -0.3 is 10.2 Å². The summed E-state index contributed by atoms with van der Waals surface area (Å²) in [6.45, 7) is 3.02. The quantitative estimate of drug-likeness (QED) is 0.877. The van der Waals surface area contributed by atoms with Gasteiger partial charge >= 0.3 is 0 Å². The maximum Gasteiger partial charge on any atom is 0.253 e. The zero-order chi connectivity index (χ0) is 18.0. The van der Waals surface area contributed by atoms with Gasteiger partial charge in [0.2, 0.25) is 10.0 Å². The first kappa shape index (κ1) is 18.2. The molecule has 1 amide bonds. The van der Waals surface area contributed by atoms with Crippen molar-refractivity contribution in [3.63, 3.8) is 0 Å². The van der Waals surface area contributed by atoms with Crippen molar-refractivity contribution in [1.29, 1.82) is 0 Å². The fraction of sp³-hybridized carbons (Fsp3) is 0.611. The summed E-state index contributed by atoms with van der Waals surface area (Å²) in [5.41, 5.74) is 2.34. The molecule has 2 heterocycles. The number of piperidine rings is 1. The van der Waals surface area contributed by atoms with E-state index < -0.39 is 10.0 Å². The highest BCUT2D eigenvalue weighted by Crippen LogP contribution is 2.30. The number of rotatable bonds is 4. The van der Waals surface area contributed by atoms with Gasteiger partial charge in [-0.2, -0.15) is 0 Å². The number of likely N-dealkylation sites (tertiary alicyclic amines) is 1. The summed E-state index contributed by atoms with van der Waals surface area (Å²) in [5, 5.41) is 3.20. The normalized spacial score (nSPS) is 21.1. The van der Waals surface area contributed by atoms with Crippen LogP contribution >= 0.6 is 0 Å². The van der Waals surface area contributed by atoms with Gasteiger partial charge in [-0.15, -0.1) is 0 Å². The molecule has 1 N–H and O–H groups in total. The predicted octanol–water partition coefficient (Wildman–Crippen LogP) is 1.47. The van der Waals surface area contributed by atoms with E-state index in [4.69, 9.17) is 0 Å². The van der Waals surface area contributed by atoms with Crippen LogP contribution < -0.4 is 9.62 Å². The molecular formula is C18H27N3O3S. The van der Waals surface area contributed by atoms with E-state index in [9.17, 15) is 13.2 Å². The molecule has 7 heteroatoms. The lowest BCUT2D eigenvalue weighted by molar-refractivity contribution is 0.0674. The molecule has 3 rings (SSSR count). The van der Waals surface area contributed by atoms with Crippen LogP contribution in [0.15, 0.2) is 18.2 Å². The van der Waals surface area contributed by atoms with Crippen molar-refractivity contribution in [3.8, 4) is 0 Å². The molecule has 0 radical (unpaired) electrons. The lowest BCUT2D eigenvalue weighted by Gasteiger charge is -2.33. The number of sulfonamides is 1. The average molecular weight is 365 g/mol. The largest absolute Gasteiger partial charge is 0.338 e. The van der Waals surface area contributed by atoms with E-state index in [0.29, 0.717) is 18.0 Å². The summed E-state index contributed by atoms with van der Waals surface area (Å²) in [6, 6.07) is 5.45. The van der Waals surface area contributed by atoms with Crippen molar-refractivity contribution in [2.24, 2.45) is 5.92 Å². The SMILES string of the molecule is CNC[C@H]1CCCN(C(=O)c2ccc3c(c2)CCCN3S(C)(=O)=O)C1. The molecule has 0 spiro atoms. The standard InChI is InChI=1S/C18H27N3O3S/c1-19-12-14-5-3-9-20(13-14)18(22)16-7-8-17-15(11-16)6-4-10-21(17)25(2,23)24/h7-8,11,14,19H,3-6,9-10,12-13H2,1-2H3/t14-/m1/s1. The summed E-state index contributed by atoms with van der Waals surface area (Å²) in [6.07, 6.45) is 5.01. The number of fused-ring (bicyclic) bond motifs is 1. The Balaban J connectivity index is 1.81. The number of anilines is 1. The molecule has 1 saturated heterocycles. The van der Waals surface area contributed by atoms with Crippen LogP contribution in [-0.2, 0) is 16.4 Å². The average Bonchev–Trinajstić information content (AvgIpc) is 2.60. The highest BCUT2D eigenvalue weighted by molar-refractivity contribution is 7.92. The van der Waals surface area contributed by atoms with Gasteiger partial charge in [-0.1, -0.05) is 0 Å². The fourth-order valence-electron chi connectivity index (χ4n) is 3.93. The van der Waals surface area contributed by atoms with Crippen molar-refractivity contribution in [2.75, 3.05) is 43.8 Å². The van der Waals surface area contributed by atoms with Crippen LogP contribution in [0.3, 0.4) is 0 Å². The summed E-state index contributed by atoms with van der Waals surface area (Å²) >= 11 is 0. The van der Waals surface area contributed by atoms with Crippen LogP contribution in [0, 0.1) is 5.92 Å². The van der Waals surface area contributed by atoms with Crippen molar-refractivity contribution < 1.29 is 13.2 Å². The summed E-state index contributed by atoms with van der Waals surface area (Å²) in [5.74, 6) is 0.557. The Kier molecular flexibility index (Phi) is 5.34. The van der Waals surface area contributed by atoms with Crippen LogP contribution in [0.2, 0.25) is 0 Å². The molecule has 2 aliphatic heterocycles. The van der Waals surface area contributed by atoms with Crippen LogP contribution in [0.1, 0.15) is 35.2 Å². The van der Waals surface area contributed by atoms with Gasteiger partial charge in [0.05, 0.1) is 11.9 Å². The van der Waals surface area contributed by atoms with Gasteiger partial charge in [-0.05, 0) is 69.0 Å². The number of benzene rings is 1. The second kappa shape index (κ2) is 7.33. The molecule has 0 aliphatic carbocycles. The third-order valence-corrected chi connectivity index (χ3v) is 6.28. The molecule has 0 saturated carbocycles. The maximum absolute atomic E-state index is 12.9.